The first-order valence-corrected chi connectivity index (χ1v) is 11.2. The van der Waals surface area contributed by atoms with Gasteiger partial charge in [0.05, 0.1) is 11.8 Å². The summed E-state index contributed by atoms with van der Waals surface area (Å²) in [6.45, 7) is 7.98. The second-order valence-electron chi connectivity index (χ2n) is 7.39. The van der Waals surface area contributed by atoms with Gasteiger partial charge < -0.3 is 9.32 Å². The lowest BCUT2D eigenvalue weighted by atomic mass is 10.1. The fourth-order valence-corrected chi connectivity index (χ4v) is 4.89. The number of rotatable bonds is 7. The molecule has 3 heterocycles. The topological polar surface area (TPSA) is 64.2 Å². The van der Waals surface area contributed by atoms with Crippen LogP contribution in [-0.4, -0.2) is 38.7 Å². The molecule has 1 aromatic carbocycles. The van der Waals surface area contributed by atoms with Crippen molar-refractivity contribution in [3.8, 4) is 11.4 Å². The fourth-order valence-electron chi connectivity index (χ4n) is 3.76. The highest BCUT2D eigenvalue weighted by atomic mass is 32.2. The van der Waals surface area contributed by atoms with Crippen LogP contribution in [-0.2, 0) is 11.3 Å². The van der Waals surface area contributed by atoms with Crippen LogP contribution < -0.4 is 0 Å². The molecular formula is C23H26N4O2S. The number of likely N-dealkylation sites (tertiary alicyclic amines) is 1. The van der Waals surface area contributed by atoms with Gasteiger partial charge in [-0.05, 0) is 37.8 Å². The molecule has 6 nitrogen and oxygen atoms in total. The summed E-state index contributed by atoms with van der Waals surface area (Å²) in [6, 6.07) is 11.8. The van der Waals surface area contributed by atoms with E-state index in [1.807, 2.05) is 58.9 Å². The number of thioether (sulfide) groups is 1. The number of carbonyl (C=O) groups is 1. The summed E-state index contributed by atoms with van der Waals surface area (Å²) < 4.78 is 7.45. The molecule has 1 amide bonds. The van der Waals surface area contributed by atoms with Crippen LogP contribution in [0.15, 0.2) is 64.9 Å². The lowest BCUT2D eigenvalue weighted by molar-refractivity contribution is -0.131. The number of amides is 1. The monoisotopic (exact) mass is 422 g/mol. The van der Waals surface area contributed by atoms with E-state index in [-0.39, 0.29) is 11.2 Å². The largest absolute Gasteiger partial charge is 0.469 e. The third-order valence-corrected chi connectivity index (χ3v) is 6.57. The Bertz CT molecular complexity index is 1010. The van der Waals surface area contributed by atoms with Gasteiger partial charge in [-0.3, -0.25) is 9.36 Å². The van der Waals surface area contributed by atoms with E-state index in [9.17, 15) is 4.79 Å². The first kappa shape index (κ1) is 20.5. The van der Waals surface area contributed by atoms with Crippen LogP contribution in [0.2, 0.25) is 0 Å². The Hall–Kier alpha value is -2.80. The fraction of sp³-hybridized carbons (Fsp3) is 0.348. The standard InChI is InChI=1S/C23H26N4O2S/c1-3-13-27-21(19-12-16-29-17(19)2)24-25-23(27)30-20(18-10-6-4-7-11-18)22(28)26-14-8-5-9-15-26/h3-4,6-7,10-12,16,20H,1,5,8-9,13-15H2,2H3. The van der Waals surface area contributed by atoms with E-state index in [1.165, 1.54) is 18.2 Å². The van der Waals surface area contributed by atoms with E-state index in [4.69, 9.17) is 4.42 Å². The second-order valence-corrected chi connectivity index (χ2v) is 8.46. The van der Waals surface area contributed by atoms with Crippen molar-refractivity contribution in [3.63, 3.8) is 0 Å². The molecule has 3 aromatic rings. The Balaban J connectivity index is 1.69. The number of aryl methyl sites for hydroxylation is 1. The predicted octanol–water partition coefficient (Wildman–Crippen LogP) is 4.88. The molecule has 0 saturated carbocycles. The SMILES string of the molecule is C=CCn1c(SC(C(=O)N2CCCCC2)c2ccccc2)nnc1-c1ccoc1C. The summed E-state index contributed by atoms with van der Waals surface area (Å²) in [5, 5.41) is 9.19. The van der Waals surface area contributed by atoms with Crippen LogP contribution in [0.3, 0.4) is 0 Å². The molecule has 7 heteroatoms. The van der Waals surface area contributed by atoms with Gasteiger partial charge in [-0.1, -0.05) is 48.2 Å². The Morgan fingerprint density at radius 2 is 1.97 bits per heavy atom. The van der Waals surface area contributed by atoms with E-state index in [1.54, 1.807) is 6.26 Å². The van der Waals surface area contributed by atoms with E-state index in [2.05, 4.69) is 16.8 Å². The predicted molar refractivity (Wildman–Crippen MR) is 118 cm³/mol. The van der Waals surface area contributed by atoms with Crippen LogP contribution >= 0.6 is 11.8 Å². The van der Waals surface area contributed by atoms with Gasteiger partial charge in [0.2, 0.25) is 5.91 Å². The zero-order valence-corrected chi connectivity index (χ0v) is 18.0. The molecule has 0 bridgehead atoms. The van der Waals surface area contributed by atoms with Crippen LogP contribution in [0.1, 0.15) is 35.8 Å². The number of piperidine rings is 1. The first-order valence-electron chi connectivity index (χ1n) is 10.3. The maximum absolute atomic E-state index is 13.5. The molecule has 1 fully saturated rings. The molecule has 156 valence electrons. The van der Waals surface area contributed by atoms with Crippen molar-refractivity contribution in [2.45, 2.75) is 43.1 Å². The van der Waals surface area contributed by atoms with Gasteiger partial charge in [-0.15, -0.1) is 16.8 Å². The zero-order chi connectivity index (χ0) is 20.9. The Morgan fingerprint density at radius 1 is 1.20 bits per heavy atom. The molecule has 0 N–H and O–H groups in total. The summed E-state index contributed by atoms with van der Waals surface area (Å²) in [4.78, 5) is 15.5. The van der Waals surface area contributed by atoms with Crippen molar-refractivity contribution in [1.29, 1.82) is 0 Å². The number of aromatic nitrogens is 3. The molecule has 1 saturated heterocycles. The summed E-state index contributed by atoms with van der Waals surface area (Å²) in [5.41, 5.74) is 1.88. The highest BCUT2D eigenvalue weighted by Crippen LogP contribution is 2.38. The van der Waals surface area contributed by atoms with Crippen molar-refractivity contribution < 1.29 is 9.21 Å². The number of benzene rings is 1. The molecule has 0 aliphatic carbocycles. The molecule has 1 aliphatic rings. The molecule has 4 rings (SSSR count). The molecular weight excluding hydrogens is 396 g/mol. The minimum atomic E-state index is -0.365. The van der Waals surface area contributed by atoms with E-state index in [0.29, 0.717) is 11.7 Å². The normalized spacial score (nSPS) is 15.2. The van der Waals surface area contributed by atoms with Crippen molar-refractivity contribution in [2.24, 2.45) is 0 Å². The van der Waals surface area contributed by atoms with Crippen LogP contribution in [0.25, 0.3) is 11.4 Å². The molecule has 1 aliphatic heterocycles. The van der Waals surface area contributed by atoms with Gasteiger partial charge in [0.15, 0.2) is 11.0 Å². The molecule has 1 unspecified atom stereocenters. The lowest BCUT2D eigenvalue weighted by Crippen LogP contribution is -2.38. The minimum Gasteiger partial charge on any atom is -0.469 e. The van der Waals surface area contributed by atoms with Crippen molar-refractivity contribution in [2.75, 3.05) is 13.1 Å². The highest BCUT2D eigenvalue weighted by molar-refractivity contribution is 8.00. The minimum absolute atomic E-state index is 0.139. The van der Waals surface area contributed by atoms with Crippen LogP contribution in [0.5, 0.6) is 0 Å². The van der Waals surface area contributed by atoms with Crippen LogP contribution in [0.4, 0.5) is 0 Å². The van der Waals surface area contributed by atoms with E-state index >= 15 is 0 Å². The summed E-state index contributed by atoms with van der Waals surface area (Å²) in [6.07, 6.45) is 6.78. The van der Waals surface area contributed by atoms with Gasteiger partial charge in [0, 0.05) is 19.6 Å². The summed E-state index contributed by atoms with van der Waals surface area (Å²) in [7, 11) is 0. The van der Waals surface area contributed by atoms with Gasteiger partial charge in [-0.25, -0.2) is 0 Å². The van der Waals surface area contributed by atoms with Crippen LogP contribution in [0, 0.1) is 6.92 Å². The van der Waals surface area contributed by atoms with Crippen molar-refractivity contribution >= 4 is 17.7 Å². The maximum atomic E-state index is 13.5. The number of nitrogens with zero attached hydrogens (tertiary/aromatic N) is 4. The van der Waals surface area contributed by atoms with Gasteiger partial charge in [0.1, 0.15) is 11.0 Å². The molecule has 30 heavy (non-hydrogen) atoms. The lowest BCUT2D eigenvalue weighted by Gasteiger charge is -2.30. The van der Waals surface area contributed by atoms with E-state index < -0.39 is 0 Å². The van der Waals surface area contributed by atoms with Gasteiger partial charge in [0.25, 0.3) is 0 Å². The van der Waals surface area contributed by atoms with Gasteiger partial charge in [-0.2, -0.15) is 0 Å². The number of hydrogen-bond donors (Lipinski definition) is 0. The zero-order valence-electron chi connectivity index (χ0n) is 17.2. The van der Waals surface area contributed by atoms with Crippen molar-refractivity contribution in [3.05, 3.63) is 66.6 Å². The number of allylic oxidation sites excluding steroid dienone is 1. The van der Waals surface area contributed by atoms with E-state index in [0.717, 1.165) is 48.6 Å². The summed E-state index contributed by atoms with van der Waals surface area (Å²) in [5.74, 6) is 1.65. The third kappa shape index (κ3) is 4.21. The Kier molecular flexibility index (Phi) is 6.38. The molecule has 2 aromatic heterocycles. The third-order valence-electron chi connectivity index (χ3n) is 5.35. The molecule has 1 atom stereocenters. The molecule has 0 spiro atoms. The van der Waals surface area contributed by atoms with Gasteiger partial charge >= 0.3 is 0 Å². The number of hydrogen-bond acceptors (Lipinski definition) is 5. The number of furan rings is 1. The average molecular weight is 423 g/mol. The smallest absolute Gasteiger partial charge is 0.240 e. The second kappa shape index (κ2) is 9.34. The average Bonchev–Trinajstić information content (AvgIpc) is 3.38. The quantitative estimate of drug-likeness (QED) is 0.401. The van der Waals surface area contributed by atoms with Crippen molar-refractivity contribution in [1.82, 2.24) is 19.7 Å². The Labute approximate surface area is 181 Å². The number of carbonyl (C=O) groups excluding carboxylic acids is 1. The first-order chi connectivity index (χ1) is 14.7. The summed E-state index contributed by atoms with van der Waals surface area (Å²) >= 11 is 1.45. The Morgan fingerprint density at radius 3 is 2.63 bits per heavy atom. The molecule has 0 radical (unpaired) electrons. The highest BCUT2D eigenvalue weighted by Gasteiger charge is 2.30. The maximum Gasteiger partial charge on any atom is 0.240 e.